The van der Waals surface area contributed by atoms with Crippen LogP contribution in [0.4, 0.5) is 0 Å². The molecule has 0 aliphatic carbocycles. The largest absolute Gasteiger partial charge is 1.00 e. The fraction of sp³-hybridized carbons (Fsp3) is 0.300. The molecule has 26 heavy (non-hydrogen) atoms. The first-order valence-electron chi connectivity index (χ1n) is 8.24. The Labute approximate surface area is 160 Å². The molecule has 0 bridgehead atoms. The van der Waals surface area contributed by atoms with Gasteiger partial charge < -0.3 is 27.0 Å². The molecule has 1 aromatic heterocycles. The lowest BCUT2D eigenvalue weighted by Gasteiger charge is -2.07. The van der Waals surface area contributed by atoms with Crippen LogP contribution < -0.4 is 26.4 Å². The Bertz CT molecular complexity index is 746. The van der Waals surface area contributed by atoms with E-state index in [4.69, 9.17) is 14.6 Å². The summed E-state index contributed by atoms with van der Waals surface area (Å²) >= 11 is 0. The normalized spacial score (nSPS) is 10.4. The Hall–Kier alpha value is -2.53. The van der Waals surface area contributed by atoms with Gasteiger partial charge in [-0.15, -0.1) is 0 Å². The van der Waals surface area contributed by atoms with E-state index in [0.717, 1.165) is 24.2 Å². The van der Waals surface area contributed by atoms with Crippen LogP contribution in [-0.4, -0.2) is 25.3 Å². The van der Waals surface area contributed by atoms with Crippen molar-refractivity contribution in [2.24, 2.45) is 0 Å². The maximum absolute atomic E-state index is 10.6. The number of unbranched alkanes of at least 4 members (excludes halogenated alkanes) is 1. The minimum absolute atomic E-state index is 0. The summed E-state index contributed by atoms with van der Waals surface area (Å²) in [5, 5.41) is 8.72. The Morgan fingerprint density at radius 3 is 2.54 bits per heavy atom. The van der Waals surface area contributed by atoms with Crippen LogP contribution in [0.1, 0.15) is 30.5 Å². The number of methoxy groups -OCH3 is 2. The molecular formula is C20H24ClNO4. The second kappa shape index (κ2) is 11.2. The lowest BCUT2D eigenvalue weighted by atomic mass is 10.1. The summed E-state index contributed by atoms with van der Waals surface area (Å²) in [5.41, 5.74) is 2.08. The van der Waals surface area contributed by atoms with Crippen molar-refractivity contribution in [1.82, 2.24) is 0 Å². The molecule has 1 aromatic carbocycles. The Kier molecular flexibility index (Phi) is 9.23. The summed E-state index contributed by atoms with van der Waals surface area (Å²) in [6.45, 7) is 0.791. The highest BCUT2D eigenvalue weighted by Crippen LogP contribution is 2.28. The van der Waals surface area contributed by atoms with Crippen molar-refractivity contribution in [3.8, 4) is 11.5 Å². The molecule has 2 aromatic rings. The summed E-state index contributed by atoms with van der Waals surface area (Å²) in [7, 11) is 3.23. The number of aliphatic carboxylic acids is 1. The van der Waals surface area contributed by atoms with Gasteiger partial charge in [-0.05, 0) is 36.3 Å². The van der Waals surface area contributed by atoms with E-state index in [2.05, 4.69) is 4.57 Å². The van der Waals surface area contributed by atoms with Gasteiger partial charge in [0.15, 0.2) is 17.7 Å². The van der Waals surface area contributed by atoms with Crippen LogP contribution in [0.25, 0.3) is 12.2 Å². The standard InChI is InChI=1S/C20H23NO4.ClH/c1-24-18-12-10-16(15-19(18)25-2)9-11-17-7-3-5-13-21(17)14-6-4-8-20(22)23;/h3,5,7,9-13,15H,4,6,8,14H2,1-2H3;1H/b11-9+;. The van der Waals surface area contributed by atoms with Gasteiger partial charge in [0.25, 0.3) is 0 Å². The predicted molar refractivity (Wildman–Crippen MR) is 96.6 cm³/mol. The fourth-order valence-corrected chi connectivity index (χ4v) is 2.54. The van der Waals surface area contributed by atoms with Crippen LogP contribution in [0, 0.1) is 0 Å². The van der Waals surface area contributed by atoms with Crippen molar-refractivity contribution in [2.75, 3.05) is 14.2 Å². The number of rotatable bonds is 9. The number of carboxylic acids is 1. The summed E-state index contributed by atoms with van der Waals surface area (Å²) in [5.74, 6) is 0.652. The van der Waals surface area contributed by atoms with Gasteiger partial charge >= 0.3 is 5.97 Å². The average Bonchev–Trinajstić information content (AvgIpc) is 2.63. The minimum Gasteiger partial charge on any atom is -1.00 e. The lowest BCUT2D eigenvalue weighted by Crippen LogP contribution is -3.00. The molecule has 1 N–H and O–H groups in total. The van der Waals surface area contributed by atoms with Gasteiger partial charge in [-0.3, -0.25) is 4.79 Å². The zero-order valence-corrected chi connectivity index (χ0v) is 15.8. The number of ether oxygens (including phenoxy) is 2. The molecule has 0 aliphatic rings. The third-order valence-corrected chi connectivity index (χ3v) is 3.87. The number of pyridine rings is 1. The molecule has 0 radical (unpaired) electrons. The number of benzene rings is 1. The Balaban J connectivity index is 0.00000338. The van der Waals surface area contributed by atoms with Gasteiger partial charge in [0.1, 0.15) is 6.54 Å². The molecular weight excluding hydrogens is 354 g/mol. The van der Waals surface area contributed by atoms with E-state index in [1.807, 2.05) is 54.7 Å². The predicted octanol–water partition coefficient (Wildman–Crippen LogP) is 0.421. The van der Waals surface area contributed by atoms with Crippen molar-refractivity contribution < 1.29 is 36.3 Å². The van der Waals surface area contributed by atoms with Crippen LogP contribution >= 0.6 is 0 Å². The first-order chi connectivity index (χ1) is 12.1. The number of hydrogen-bond acceptors (Lipinski definition) is 3. The van der Waals surface area contributed by atoms with E-state index in [1.165, 1.54) is 0 Å². The number of nitrogens with zero attached hydrogens (tertiary/aromatic N) is 1. The van der Waals surface area contributed by atoms with E-state index in [0.29, 0.717) is 17.9 Å². The molecule has 0 amide bonds. The van der Waals surface area contributed by atoms with Crippen LogP contribution in [-0.2, 0) is 11.3 Å². The van der Waals surface area contributed by atoms with Gasteiger partial charge in [-0.25, -0.2) is 0 Å². The molecule has 0 fully saturated rings. The molecule has 6 heteroatoms. The van der Waals surface area contributed by atoms with Gasteiger partial charge in [-0.1, -0.05) is 6.07 Å². The molecule has 2 rings (SSSR count). The lowest BCUT2D eigenvalue weighted by molar-refractivity contribution is -0.699. The van der Waals surface area contributed by atoms with E-state index in [-0.39, 0.29) is 18.8 Å². The first-order valence-corrected chi connectivity index (χ1v) is 8.24. The topological polar surface area (TPSA) is 59.6 Å². The smallest absolute Gasteiger partial charge is 0.303 e. The monoisotopic (exact) mass is 377 g/mol. The summed E-state index contributed by atoms with van der Waals surface area (Å²) in [4.78, 5) is 10.6. The SMILES string of the molecule is COc1ccc(/C=C/c2cccc[n+]2CCCCC(=O)O)cc1OC.[Cl-]. The Morgan fingerprint density at radius 1 is 1.08 bits per heavy atom. The molecule has 1 heterocycles. The second-order valence-electron chi connectivity index (χ2n) is 5.62. The number of hydrogen-bond donors (Lipinski definition) is 1. The molecule has 5 nitrogen and oxygen atoms in total. The first kappa shape index (κ1) is 21.5. The third-order valence-electron chi connectivity index (χ3n) is 3.87. The molecule has 140 valence electrons. The number of halogens is 1. The highest BCUT2D eigenvalue weighted by molar-refractivity contribution is 5.68. The van der Waals surface area contributed by atoms with Crippen molar-refractivity contribution in [1.29, 1.82) is 0 Å². The number of carboxylic acid groups (broad SMARTS) is 1. The third kappa shape index (κ3) is 6.41. The minimum atomic E-state index is -0.744. The zero-order chi connectivity index (χ0) is 18.1. The van der Waals surface area contributed by atoms with E-state index in [9.17, 15) is 4.79 Å². The van der Waals surface area contributed by atoms with E-state index >= 15 is 0 Å². The maximum Gasteiger partial charge on any atom is 0.303 e. The van der Waals surface area contributed by atoms with E-state index < -0.39 is 5.97 Å². The van der Waals surface area contributed by atoms with Gasteiger partial charge in [0, 0.05) is 31.1 Å². The molecule has 0 saturated carbocycles. The summed E-state index contributed by atoms with van der Waals surface area (Å²) in [6, 6.07) is 11.8. The molecule has 0 spiro atoms. The number of carbonyl (C=O) groups is 1. The van der Waals surface area contributed by atoms with Gasteiger partial charge in [0.05, 0.1) is 14.2 Å². The van der Waals surface area contributed by atoms with Gasteiger partial charge in [-0.2, -0.15) is 4.57 Å². The molecule has 0 unspecified atom stereocenters. The van der Waals surface area contributed by atoms with Crippen LogP contribution in [0.3, 0.4) is 0 Å². The van der Waals surface area contributed by atoms with Crippen molar-refractivity contribution in [3.63, 3.8) is 0 Å². The van der Waals surface area contributed by atoms with Crippen molar-refractivity contribution in [2.45, 2.75) is 25.8 Å². The highest BCUT2D eigenvalue weighted by Gasteiger charge is 2.08. The highest BCUT2D eigenvalue weighted by atomic mass is 35.5. The van der Waals surface area contributed by atoms with E-state index in [1.54, 1.807) is 14.2 Å². The number of aryl methyl sites for hydroxylation is 1. The Morgan fingerprint density at radius 2 is 1.85 bits per heavy atom. The molecule has 0 aliphatic heterocycles. The van der Waals surface area contributed by atoms with Crippen molar-refractivity contribution in [3.05, 3.63) is 53.9 Å². The zero-order valence-electron chi connectivity index (χ0n) is 15.0. The van der Waals surface area contributed by atoms with Crippen LogP contribution in [0.2, 0.25) is 0 Å². The summed E-state index contributed by atoms with van der Waals surface area (Å²) < 4.78 is 12.7. The van der Waals surface area contributed by atoms with Gasteiger partial charge in [0.2, 0.25) is 5.69 Å². The average molecular weight is 378 g/mol. The quantitative estimate of drug-likeness (QED) is 0.508. The van der Waals surface area contributed by atoms with Crippen LogP contribution in [0.5, 0.6) is 11.5 Å². The second-order valence-corrected chi connectivity index (χ2v) is 5.62. The van der Waals surface area contributed by atoms with Crippen LogP contribution in [0.15, 0.2) is 42.6 Å². The number of aromatic nitrogens is 1. The summed E-state index contributed by atoms with van der Waals surface area (Å²) in [6.07, 6.45) is 7.79. The molecule has 0 saturated heterocycles. The maximum atomic E-state index is 10.6. The fourth-order valence-electron chi connectivity index (χ4n) is 2.54. The van der Waals surface area contributed by atoms with Crippen molar-refractivity contribution >= 4 is 18.1 Å². The molecule has 0 atom stereocenters.